The molecule has 3 aromatic rings. The number of piperazine rings is 1. The minimum Gasteiger partial charge on any atom is -0.467 e. The third kappa shape index (κ3) is 4.08. The summed E-state index contributed by atoms with van der Waals surface area (Å²) in [5, 5.41) is 3.08. The monoisotopic (exact) mass is 363 g/mol. The highest BCUT2D eigenvalue weighted by Crippen LogP contribution is 2.16. The van der Waals surface area contributed by atoms with Crippen LogP contribution in [0.25, 0.3) is 0 Å². The zero-order valence-corrected chi connectivity index (χ0v) is 14.9. The molecule has 0 bridgehead atoms. The Morgan fingerprint density at radius 2 is 1.85 bits per heavy atom. The number of benzene rings is 1. The maximum absolute atomic E-state index is 12.8. The zero-order valence-electron chi connectivity index (χ0n) is 14.9. The smallest absolute Gasteiger partial charge is 0.272 e. The highest BCUT2D eigenvalue weighted by atomic mass is 16.3. The van der Waals surface area contributed by atoms with Crippen molar-refractivity contribution in [3.63, 3.8) is 0 Å². The number of carbonyl (C=O) groups is 1. The van der Waals surface area contributed by atoms with Crippen LogP contribution in [0.15, 0.2) is 65.4 Å². The van der Waals surface area contributed by atoms with Crippen LogP contribution in [0.3, 0.4) is 0 Å². The van der Waals surface area contributed by atoms with Gasteiger partial charge in [-0.05, 0) is 30.3 Å². The topological polar surface area (TPSA) is 74.5 Å². The van der Waals surface area contributed by atoms with Gasteiger partial charge in [0.2, 0.25) is 5.95 Å². The van der Waals surface area contributed by atoms with E-state index in [9.17, 15) is 4.79 Å². The summed E-state index contributed by atoms with van der Waals surface area (Å²) in [4.78, 5) is 25.5. The molecule has 7 nitrogen and oxygen atoms in total. The first-order valence-electron chi connectivity index (χ1n) is 8.98. The lowest BCUT2D eigenvalue weighted by atomic mass is 10.2. The van der Waals surface area contributed by atoms with Crippen LogP contribution in [-0.2, 0) is 6.54 Å². The number of aromatic nitrogens is 2. The zero-order chi connectivity index (χ0) is 18.5. The van der Waals surface area contributed by atoms with Crippen molar-refractivity contribution in [1.29, 1.82) is 0 Å². The number of furan rings is 1. The number of carbonyl (C=O) groups excluding carboxylic acids is 1. The number of nitrogens with one attached hydrogen (secondary N) is 1. The largest absolute Gasteiger partial charge is 0.467 e. The van der Waals surface area contributed by atoms with Crippen molar-refractivity contribution in [2.24, 2.45) is 0 Å². The van der Waals surface area contributed by atoms with Gasteiger partial charge >= 0.3 is 0 Å². The van der Waals surface area contributed by atoms with Crippen molar-refractivity contribution in [2.75, 3.05) is 36.4 Å². The van der Waals surface area contributed by atoms with Gasteiger partial charge in [0.1, 0.15) is 11.5 Å². The maximum Gasteiger partial charge on any atom is 0.272 e. The first-order valence-corrected chi connectivity index (χ1v) is 8.98. The van der Waals surface area contributed by atoms with Crippen LogP contribution < -0.4 is 10.2 Å². The Labute approximate surface area is 157 Å². The number of rotatable bonds is 5. The standard InChI is InChI=1S/C20H21N5O2/c26-19(25-12-10-24(11-13-25)16-5-2-1-3-6-16)18-8-9-21-20(23-18)22-15-17-7-4-14-27-17/h1-9,14H,10-13,15H2,(H,21,22,23). The Kier molecular flexibility index (Phi) is 5.00. The van der Waals surface area contributed by atoms with Gasteiger partial charge in [-0.1, -0.05) is 18.2 Å². The summed E-state index contributed by atoms with van der Waals surface area (Å²) in [6.07, 6.45) is 3.22. The van der Waals surface area contributed by atoms with Gasteiger partial charge in [-0.2, -0.15) is 0 Å². The molecule has 7 heteroatoms. The van der Waals surface area contributed by atoms with Crippen LogP contribution in [0.2, 0.25) is 0 Å². The minimum absolute atomic E-state index is 0.0637. The van der Waals surface area contributed by atoms with E-state index in [1.807, 2.05) is 35.2 Å². The average molecular weight is 363 g/mol. The molecule has 1 aromatic carbocycles. The predicted molar refractivity (Wildman–Crippen MR) is 103 cm³/mol. The van der Waals surface area contributed by atoms with Gasteiger partial charge in [0.05, 0.1) is 12.8 Å². The van der Waals surface area contributed by atoms with Gasteiger partial charge in [-0.15, -0.1) is 0 Å². The Bertz CT molecular complexity index is 874. The second-order valence-electron chi connectivity index (χ2n) is 6.31. The first-order chi connectivity index (χ1) is 13.3. The highest BCUT2D eigenvalue weighted by molar-refractivity contribution is 5.92. The lowest BCUT2D eigenvalue weighted by Crippen LogP contribution is -2.49. The van der Waals surface area contributed by atoms with Gasteiger partial charge in [0, 0.05) is 38.1 Å². The Balaban J connectivity index is 1.36. The van der Waals surface area contributed by atoms with Crippen LogP contribution >= 0.6 is 0 Å². The number of hydrogen-bond donors (Lipinski definition) is 1. The van der Waals surface area contributed by atoms with E-state index in [1.165, 1.54) is 5.69 Å². The molecular formula is C20H21N5O2. The van der Waals surface area contributed by atoms with Crippen LogP contribution in [0.4, 0.5) is 11.6 Å². The molecule has 1 aliphatic heterocycles. The molecular weight excluding hydrogens is 342 g/mol. The van der Waals surface area contributed by atoms with Crippen molar-refractivity contribution in [2.45, 2.75) is 6.54 Å². The van der Waals surface area contributed by atoms with Crippen LogP contribution in [0, 0.1) is 0 Å². The fourth-order valence-electron chi connectivity index (χ4n) is 3.11. The van der Waals surface area contributed by atoms with E-state index < -0.39 is 0 Å². The molecule has 1 fully saturated rings. The molecule has 0 radical (unpaired) electrons. The SMILES string of the molecule is O=C(c1ccnc(NCc2ccco2)n1)N1CCN(c2ccccc2)CC1. The number of nitrogens with zero attached hydrogens (tertiary/aromatic N) is 4. The fraction of sp³-hybridized carbons (Fsp3) is 0.250. The lowest BCUT2D eigenvalue weighted by Gasteiger charge is -2.36. The lowest BCUT2D eigenvalue weighted by molar-refractivity contribution is 0.0741. The molecule has 0 saturated carbocycles. The second kappa shape index (κ2) is 7.90. The summed E-state index contributed by atoms with van der Waals surface area (Å²) < 4.78 is 5.28. The predicted octanol–water partition coefficient (Wildman–Crippen LogP) is 2.64. The van der Waals surface area contributed by atoms with E-state index in [0.29, 0.717) is 31.3 Å². The molecule has 0 atom stereocenters. The molecule has 4 rings (SSSR count). The van der Waals surface area contributed by atoms with Crippen LogP contribution in [0.1, 0.15) is 16.2 Å². The molecule has 1 aliphatic rings. The molecule has 27 heavy (non-hydrogen) atoms. The molecule has 0 spiro atoms. The molecule has 1 saturated heterocycles. The fourth-order valence-corrected chi connectivity index (χ4v) is 3.11. The van der Waals surface area contributed by atoms with Crippen LogP contribution in [0.5, 0.6) is 0 Å². The van der Waals surface area contributed by atoms with E-state index in [0.717, 1.165) is 18.8 Å². The van der Waals surface area contributed by atoms with E-state index in [-0.39, 0.29) is 5.91 Å². The Hall–Kier alpha value is -3.35. The number of para-hydroxylation sites is 1. The molecule has 0 unspecified atom stereocenters. The number of hydrogen-bond acceptors (Lipinski definition) is 6. The summed E-state index contributed by atoms with van der Waals surface area (Å²) in [5.41, 5.74) is 1.59. The summed E-state index contributed by atoms with van der Waals surface area (Å²) >= 11 is 0. The maximum atomic E-state index is 12.8. The first kappa shape index (κ1) is 17.1. The summed E-state index contributed by atoms with van der Waals surface area (Å²) in [6.45, 7) is 3.44. The van der Waals surface area contributed by atoms with Crippen molar-refractivity contribution in [3.8, 4) is 0 Å². The molecule has 3 heterocycles. The van der Waals surface area contributed by atoms with E-state index >= 15 is 0 Å². The molecule has 138 valence electrons. The van der Waals surface area contributed by atoms with Gasteiger partial charge < -0.3 is 19.5 Å². The van der Waals surface area contributed by atoms with Crippen molar-refractivity contribution < 1.29 is 9.21 Å². The molecule has 2 aromatic heterocycles. The average Bonchev–Trinajstić information content (AvgIpc) is 3.26. The van der Waals surface area contributed by atoms with Crippen molar-refractivity contribution in [1.82, 2.24) is 14.9 Å². The normalized spacial score (nSPS) is 14.2. The number of anilines is 2. The third-order valence-corrected chi connectivity index (χ3v) is 4.56. The van der Waals surface area contributed by atoms with Gasteiger partial charge in [-0.3, -0.25) is 4.79 Å². The summed E-state index contributed by atoms with van der Waals surface area (Å²) in [7, 11) is 0. The highest BCUT2D eigenvalue weighted by Gasteiger charge is 2.23. The van der Waals surface area contributed by atoms with Crippen molar-refractivity contribution in [3.05, 3.63) is 72.4 Å². The van der Waals surface area contributed by atoms with Crippen molar-refractivity contribution >= 4 is 17.5 Å². The van der Waals surface area contributed by atoms with E-state index in [2.05, 4.69) is 32.3 Å². The van der Waals surface area contributed by atoms with Crippen LogP contribution in [-0.4, -0.2) is 47.0 Å². The molecule has 1 amide bonds. The quantitative estimate of drug-likeness (QED) is 0.751. The van der Waals surface area contributed by atoms with Gasteiger partial charge in [-0.25, -0.2) is 9.97 Å². The summed E-state index contributed by atoms with van der Waals surface area (Å²) in [6, 6.07) is 15.6. The summed E-state index contributed by atoms with van der Waals surface area (Å²) in [5.74, 6) is 1.14. The third-order valence-electron chi connectivity index (χ3n) is 4.56. The van der Waals surface area contributed by atoms with Gasteiger partial charge in [0.15, 0.2) is 0 Å². The molecule has 0 aliphatic carbocycles. The molecule has 1 N–H and O–H groups in total. The van der Waals surface area contributed by atoms with E-state index in [4.69, 9.17) is 4.42 Å². The minimum atomic E-state index is -0.0637. The van der Waals surface area contributed by atoms with E-state index in [1.54, 1.807) is 18.5 Å². The second-order valence-corrected chi connectivity index (χ2v) is 6.31. The number of amides is 1. The Morgan fingerprint density at radius 3 is 2.59 bits per heavy atom. The Morgan fingerprint density at radius 1 is 1.04 bits per heavy atom. The van der Waals surface area contributed by atoms with Gasteiger partial charge in [0.25, 0.3) is 5.91 Å².